The van der Waals surface area contributed by atoms with Crippen molar-refractivity contribution in [2.24, 2.45) is 0 Å². The number of aliphatic hydroxyl groups is 1. The van der Waals surface area contributed by atoms with Crippen molar-refractivity contribution in [1.82, 2.24) is 10.3 Å². The third kappa shape index (κ3) is 1.86. The first-order valence-corrected chi connectivity index (χ1v) is 5.33. The van der Waals surface area contributed by atoms with E-state index in [0.29, 0.717) is 12.4 Å². The van der Waals surface area contributed by atoms with Crippen LogP contribution in [0.4, 0.5) is 5.82 Å². The maximum Gasteiger partial charge on any atom is 0.242 e. The second-order valence-electron chi connectivity index (χ2n) is 3.80. The molecule has 0 bridgehead atoms. The molecule has 0 spiro atoms. The monoisotopic (exact) mass is 221 g/mol. The number of carbonyl (C=O) groups is 1. The molecule has 1 aromatic heterocycles. The van der Waals surface area contributed by atoms with Crippen LogP contribution in [-0.4, -0.2) is 35.1 Å². The highest BCUT2D eigenvalue weighted by atomic mass is 16.3. The number of pyridine rings is 1. The van der Waals surface area contributed by atoms with E-state index in [0.717, 1.165) is 12.1 Å². The second kappa shape index (κ2) is 4.49. The largest absolute Gasteiger partial charge is 0.392 e. The summed E-state index contributed by atoms with van der Waals surface area (Å²) in [6.07, 6.45) is 1.67. The number of nitrogens with one attached hydrogen (secondary N) is 1. The molecule has 16 heavy (non-hydrogen) atoms. The summed E-state index contributed by atoms with van der Waals surface area (Å²) < 4.78 is 0. The number of aromatic nitrogens is 1. The minimum atomic E-state index is -0.242. The zero-order valence-corrected chi connectivity index (χ0v) is 9.18. The lowest BCUT2D eigenvalue weighted by Gasteiger charge is -2.34. The quantitative estimate of drug-likeness (QED) is 0.732. The van der Waals surface area contributed by atoms with E-state index in [9.17, 15) is 9.90 Å². The molecule has 2 N–H and O–H groups in total. The van der Waals surface area contributed by atoms with Crippen LogP contribution in [0.25, 0.3) is 0 Å². The highest BCUT2D eigenvalue weighted by Gasteiger charge is 2.27. The first-order chi connectivity index (χ1) is 7.74. The fourth-order valence-electron chi connectivity index (χ4n) is 1.88. The number of piperazine rings is 1. The number of amides is 1. The van der Waals surface area contributed by atoms with E-state index in [1.54, 1.807) is 12.3 Å². The van der Waals surface area contributed by atoms with Gasteiger partial charge in [0.2, 0.25) is 5.91 Å². The van der Waals surface area contributed by atoms with E-state index >= 15 is 0 Å². The van der Waals surface area contributed by atoms with Gasteiger partial charge in [-0.05, 0) is 13.0 Å². The predicted molar refractivity (Wildman–Crippen MR) is 60.0 cm³/mol. The summed E-state index contributed by atoms with van der Waals surface area (Å²) in [6, 6.07) is 3.36. The molecule has 2 rings (SSSR count). The van der Waals surface area contributed by atoms with Crippen LogP contribution in [0.5, 0.6) is 0 Å². The van der Waals surface area contributed by atoms with Gasteiger partial charge in [0.05, 0.1) is 6.61 Å². The van der Waals surface area contributed by atoms with Crippen molar-refractivity contribution in [2.45, 2.75) is 19.6 Å². The molecule has 0 saturated carbocycles. The Labute approximate surface area is 94.1 Å². The van der Waals surface area contributed by atoms with Crippen LogP contribution in [0.3, 0.4) is 0 Å². The molecule has 0 aromatic carbocycles. The normalized spacial score (nSPS) is 20.8. The van der Waals surface area contributed by atoms with Gasteiger partial charge in [0.25, 0.3) is 0 Å². The van der Waals surface area contributed by atoms with Crippen molar-refractivity contribution in [3.8, 4) is 0 Å². The summed E-state index contributed by atoms with van der Waals surface area (Å²) in [5.74, 6) is 0.702. The molecular formula is C11H15N3O2. The average Bonchev–Trinajstić information content (AvgIpc) is 2.33. The van der Waals surface area contributed by atoms with Crippen molar-refractivity contribution in [3.05, 3.63) is 23.9 Å². The molecule has 1 aliphatic heterocycles. The molecule has 1 aromatic rings. The van der Waals surface area contributed by atoms with Crippen molar-refractivity contribution < 1.29 is 9.90 Å². The second-order valence-corrected chi connectivity index (χ2v) is 3.80. The van der Waals surface area contributed by atoms with E-state index in [1.165, 1.54) is 0 Å². The maximum atomic E-state index is 11.5. The molecule has 2 heterocycles. The zero-order chi connectivity index (χ0) is 11.5. The van der Waals surface area contributed by atoms with Crippen LogP contribution in [0, 0.1) is 0 Å². The van der Waals surface area contributed by atoms with Crippen LogP contribution in [0.1, 0.15) is 12.5 Å². The van der Waals surface area contributed by atoms with Gasteiger partial charge >= 0.3 is 0 Å². The first-order valence-electron chi connectivity index (χ1n) is 5.33. The summed E-state index contributed by atoms with van der Waals surface area (Å²) in [4.78, 5) is 17.7. The average molecular weight is 221 g/mol. The van der Waals surface area contributed by atoms with Crippen LogP contribution < -0.4 is 10.2 Å². The molecule has 5 heteroatoms. The lowest BCUT2D eigenvalue weighted by Crippen LogP contribution is -2.54. The van der Waals surface area contributed by atoms with E-state index in [4.69, 9.17) is 0 Å². The molecule has 86 valence electrons. The number of hydrogen-bond donors (Lipinski definition) is 2. The lowest BCUT2D eigenvalue weighted by molar-refractivity contribution is -0.122. The van der Waals surface area contributed by atoms with Gasteiger partial charge in [-0.2, -0.15) is 0 Å². The molecule has 1 amide bonds. The summed E-state index contributed by atoms with van der Waals surface area (Å²) in [6.45, 7) is 3.11. The summed E-state index contributed by atoms with van der Waals surface area (Å²) >= 11 is 0. The van der Waals surface area contributed by atoms with Crippen molar-refractivity contribution in [3.63, 3.8) is 0 Å². The Kier molecular flexibility index (Phi) is 3.05. The van der Waals surface area contributed by atoms with E-state index in [2.05, 4.69) is 10.3 Å². The van der Waals surface area contributed by atoms with Gasteiger partial charge in [-0.25, -0.2) is 4.98 Å². The summed E-state index contributed by atoms with van der Waals surface area (Å²) in [7, 11) is 0. The highest BCUT2D eigenvalue weighted by molar-refractivity contribution is 5.85. The van der Waals surface area contributed by atoms with Gasteiger partial charge < -0.3 is 15.3 Å². The molecule has 1 atom stereocenters. The third-order valence-electron chi connectivity index (χ3n) is 2.81. The summed E-state index contributed by atoms with van der Waals surface area (Å²) in [5.41, 5.74) is 0.754. The molecule has 0 radical (unpaired) electrons. The van der Waals surface area contributed by atoms with Crippen LogP contribution >= 0.6 is 0 Å². The lowest BCUT2D eigenvalue weighted by atomic mass is 10.1. The Bertz CT molecular complexity index is 395. The Balaban J connectivity index is 2.32. The number of rotatable bonds is 2. The Morgan fingerprint density at radius 3 is 3.25 bits per heavy atom. The molecule has 1 saturated heterocycles. The molecule has 0 aliphatic carbocycles. The van der Waals surface area contributed by atoms with Gasteiger partial charge in [0, 0.05) is 24.8 Å². The SMILES string of the molecule is CC1C(=O)NCCN1c1ncccc1CO. The standard InChI is InChI=1S/C11H15N3O2/c1-8-11(16)13-5-6-14(8)10-9(7-15)3-2-4-12-10/h2-4,8,15H,5-7H2,1H3,(H,13,16). The number of aliphatic hydroxyl groups excluding tert-OH is 1. The van der Waals surface area contributed by atoms with Gasteiger partial charge in [0.15, 0.2) is 0 Å². The molecule has 1 aliphatic rings. The first kappa shape index (κ1) is 10.9. The van der Waals surface area contributed by atoms with Gasteiger partial charge in [-0.1, -0.05) is 6.07 Å². The van der Waals surface area contributed by atoms with Crippen molar-refractivity contribution >= 4 is 11.7 Å². The van der Waals surface area contributed by atoms with Crippen molar-refractivity contribution in [1.29, 1.82) is 0 Å². The molecule has 1 fully saturated rings. The van der Waals surface area contributed by atoms with Crippen LogP contribution in [0.2, 0.25) is 0 Å². The number of nitrogens with zero attached hydrogens (tertiary/aromatic N) is 2. The van der Waals surface area contributed by atoms with E-state index < -0.39 is 0 Å². The topological polar surface area (TPSA) is 65.5 Å². The smallest absolute Gasteiger partial charge is 0.242 e. The Morgan fingerprint density at radius 2 is 2.50 bits per heavy atom. The fourth-order valence-corrected chi connectivity index (χ4v) is 1.88. The number of hydrogen-bond acceptors (Lipinski definition) is 4. The molecular weight excluding hydrogens is 206 g/mol. The molecule has 5 nitrogen and oxygen atoms in total. The Morgan fingerprint density at radius 1 is 1.69 bits per heavy atom. The Hall–Kier alpha value is -1.62. The van der Waals surface area contributed by atoms with Crippen LogP contribution in [-0.2, 0) is 11.4 Å². The zero-order valence-electron chi connectivity index (χ0n) is 9.18. The van der Waals surface area contributed by atoms with Gasteiger partial charge in [-0.15, -0.1) is 0 Å². The minimum Gasteiger partial charge on any atom is -0.392 e. The number of carbonyl (C=O) groups excluding carboxylic acids is 1. The van der Waals surface area contributed by atoms with Gasteiger partial charge in [0.1, 0.15) is 11.9 Å². The minimum absolute atomic E-state index is 0.000734. The third-order valence-corrected chi connectivity index (χ3v) is 2.81. The highest BCUT2D eigenvalue weighted by Crippen LogP contribution is 2.20. The number of anilines is 1. The fraction of sp³-hybridized carbons (Fsp3) is 0.455. The van der Waals surface area contributed by atoms with Gasteiger partial charge in [-0.3, -0.25) is 4.79 Å². The maximum absolute atomic E-state index is 11.5. The van der Waals surface area contributed by atoms with Crippen molar-refractivity contribution in [2.75, 3.05) is 18.0 Å². The van der Waals surface area contributed by atoms with E-state index in [-0.39, 0.29) is 18.6 Å². The van der Waals surface area contributed by atoms with E-state index in [1.807, 2.05) is 17.9 Å². The predicted octanol–water partition coefficient (Wildman–Crippen LogP) is -0.101. The summed E-state index contributed by atoms with van der Waals surface area (Å²) in [5, 5.41) is 12.0. The van der Waals surface area contributed by atoms with Crippen LogP contribution in [0.15, 0.2) is 18.3 Å². The molecule has 1 unspecified atom stereocenters.